The number of fused-ring (bicyclic) bond motifs is 1. The summed E-state index contributed by atoms with van der Waals surface area (Å²) >= 11 is 1.52. The first-order chi connectivity index (χ1) is 16.0. The summed E-state index contributed by atoms with van der Waals surface area (Å²) in [5.41, 5.74) is 1.47. The van der Waals surface area contributed by atoms with Crippen LogP contribution in [-0.4, -0.2) is 52.1 Å². The highest BCUT2D eigenvalue weighted by molar-refractivity contribution is 7.98. The number of anilines is 3. The van der Waals surface area contributed by atoms with Crippen LogP contribution in [0.2, 0.25) is 0 Å². The van der Waals surface area contributed by atoms with Crippen LogP contribution < -0.4 is 14.5 Å². The maximum atomic E-state index is 14.7. The van der Waals surface area contributed by atoms with Crippen LogP contribution in [0.5, 0.6) is 5.88 Å². The quantitative estimate of drug-likeness (QED) is 0.481. The van der Waals surface area contributed by atoms with Gasteiger partial charge in [-0.3, -0.25) is 0 Å². The van der Waals surface area contributed by atoms with E-state index in [0.29, 0.717) is 30.5 Å². The second-order valence-electron chi connectivity index (χ2n) is 8.59. The molecule has 0 amide bonds. The number of thioether (sulfide) groups is 1. The molecule has 174 valence electrons. The van der Waals surface area contributed by atoms with Gasteiger partial charge in [-0.1, -0.05) is 19.0 Å². The number of hydrogen-bond donors (Lipinski definition) is 0. The highest BCUT2D eigenvalue weighted by atomic mass is 32.2. The summed E-state index contributed by atoms with van der Waals surface area (Å²) in [4.78, 5) is 18.3. The van der Waals surface area contributed by atoms with Crippen molar-refractivity contribution in [2.24, 2.45) is 0 Å². The van der Waals surface area contributed by atoms with Crippen LogP contribution in [0, 0.1) is 5.82 Å². The van der Waals surface area contributed by atoms with Gasteiger partial charge in [-0.2, -0.15) is 4.98 Å². The van der Waals surface area contributed by atoms with Gasteiger partial charge in [-0.15, -0.1) is 11.8 Å². The molecule has 0 atom stereocenters. The van der Waals surface area contributed by atoms with Gasteiger partial charge < -0.3 is 19.1 Å². The molecule has 0 N–H and O–H groups in total. The fourth-order valence-electron chi connectivity index (χ4n) is 4.25. The molecule has 0 bridgehead atoms. The second-order valence-corrected chi connectivity index (χ2v) is 9.47. The molecule has 8 nitrogen and oxygen atoms in total. The van der Waals surface area contributed by atoms with Crippen molar-refractivity contribution in [3.8, 4) is 5.88 Å². The van der Waals surface area contributed by atoms with Crippen molar-refractivity contribution in [1.82, 2.24) is 20.1 Å². The molecule has 5 rings (SSSR count). The van der Waals surface area contributed by atoms with Crippen LogP contribution in [-0.2, 0) is 6.42 Å². The van der Waals surface area contributed by atoms with Gasteiger partial charge in [-0.25, -0.2) is 14.4 Å². The van der Waals surface area contributed by atoms with E-state index in [0.717, 1.165) is 48.0 Å². The predicted octanol–water partition coefficient (Wildman–Crippen LogP) is 4.59. The molecule has 4 heterocycles. The molecule has 1 saturated heterocycles. The van der Waals surface area contributed by atoms with E-state index >= 15 is 0 Å². The van der Waals surface area contributed by atoms with Crippen molar-refractivity contribution in [1.29, 1.82) is 0 Å². The van der Waals surface area contributed by atoms with Crippen LogP contribution in [0.3, 0.4) is 0 Å². The molecule has 0 saturated carbocycles. The van der Waals surface area contributed by atoms with Crippen LogP contribution in [0.1, 0.15) is 44.0 Å². The third kappa shape index (κ3) is 4.36. The topological polar surface area (TPSA) is 80.4 Å². The van der Waals surface area contributed by atoms with Crippen LogP contribution in [0.15, 0.2) is 33.9 Å². The van der Waals surface area contributed by atoms with Gasteiger partial charge in [0.25, 0.3) is 0 Å². The van der Waals surface area contributed by atoms with E-state index < -0.39 is 0 Å². The molecule has 10 heteroatoms. The summed E-state index contributed by atoms with van der Waals surface area (Å²) < 4.78 is 26.5. The lowest BCUT2D eigenvalue weighted by Gasteiger charge is -2.30. The first kappa shape index (κ1) is 21.9. The van der Waals surface area contributed by atoms with Gasteiger partial charge in [0.1, 0.15) is 24.1 Å². The zero-order valence-electron chi connectivity index (χ0n) is 19.0. The largest absolute Gasteiger partial charge is 0.474 e. The Morgan fingerprint density at radius 1 is 1.18 bits per heavy atom. The van der Waals surface area contributed by atoms with Crippen LogP contribution >= 0.6 is 11.8 Å². The third-order valence-electron chi connectivity index (χ3n) is 6.11. The lowest BCUT2D eigenvalue weighted by molar-refractivity contribution is 0.160. The van der Waals surface area contributed by atoms with Gasteiger partial charge in [-0.05, 0) is 30.9 Å². The number of piperidine rings is 1. The lowest BCUT2D eigenvalue weighted by atomic mass is 10.1. The summed E-state index contributed by atoms with van der Waals surface area (Å²) in [5, 5.41) is 4.06. The fraction of sp³-hybridized carbons (Fsp3) is 0.478. The van der Waals surface area contributed by atoms with E-state index in [1.165, 1.54) is 18.1 Å². The van der Waals surface area contributed by atoms with Crippen molar-refractivity contribution >= 4 is 29.3 Å². The van der Waals surface area contributed by atoms with Gasteiger partial charge in [0.2, 0.25) is 5.88 Å². The molecule has 0 aliphatic carbocycles. The van der Waals surface area contributed by atoms with Crippen molar-refractivity contribution in [3.05, 3.63) is 41.7 Å². The standard InChI is InChI=1S/C23H27FN6O2S/c1-14(2)20-27-23(32-28-20)29-9-6-15(7-10-29)31-22-17-8-11-30(21(17)25-13-26-22)19-5-4-16(33-3)12-18(19)24/h4-5,12-15H,6-11H2,1-3H3. The monoisotopic (exact) mass is 470 g/mol. The van der Waals surface area contributed by atoms with E-state index in [9.17, 15) is 4.39 Å². The SMILES string of the molecule is CSc1ccc(N2CCc3c(OC4CCN(c5nc(C(C)C)no5)CC4)ncnc32)c(F)c1. The van der Waals surface area contributed by atoms with Crippen molar-refractivity contribution in [2.45, 2.75) is 50.0 Å². The number of halogens is 1. The summed E-state index contributed by atoms with van der Waals surface area (Å²) in [5.74, 6) is 2.04. The maximum Gasteiger partial charge on any atom is 0.324 e. The summed E-state index contributed by atoms with van der Waals surface area (Å²) in [6.45, 7) is 6.29. The Morgan fingerprint density at radius 2 is 2.00 bits per heavy atom. The smallest absolute Gasteiger partial charge is 0.324 e. The van der Waals surface area contributed by atoms with E-state index in [-0.39, 0.29) is 17.8 Å². The number of nitrogens with zero attached hydrogens (tertiary/aromatic N) is 6. The van der Waals surface area contributed by atoms with E-state index in [1.54, 1.807) is 6.07 Å². The Kier molecular flexibility index (Phi) is 6.09. The molecule has 1 fully saturated rings. The first-order valence-corrected chi connectivity index (χ1v) is 12.5. The zero-order chi connectivity index (χ0) is 22.9. The van der Waals surface area contributed by atoms with Gasteiger partial charge in [0, 0.05) is 43.3 Å². The fourth-order valence-corrected chi connectivity index (χ4v) is 4.68. The van der Waals surface area contributed by atoms with Crippen LogP contribution in [0.4, 0.5) is 21.9 Å². The van der Waals surface area contributed by atoms with E-state index in [2.05, 4.69) is 25.0 Å². The van der Waals surface area contributed by atoms with Crippen LogP contribution in [0.25, 0.3) is 0 Å². The second kappa shape index (κ2) is 9.17. The predicted molar refractivity (Wildman–Crippen MR) is 125 cm³/mol. The van der Waals surface area contributed by atoms with Gasteiger partial charge in [0.15, 0.2) is 5.82 Å². The Morgan fingerprint density at radius 3 is 2.70 bits per heavy atom. The minimum atomic E-state index is -0.246. The lowest BCUT2D eigenvalue weighted by Crippen LogP contribution is -2.38. The number of rotatable bonds is 6. The maximum absolute atomic E-state index is 14.7. The molecular formula is C23H27FN6O2S. The molecule has 1 aromatic carbocycles. The molecule has 2 aliphatic heterocycles. The highest BCUT2D eigenvalue weighted by Crippen LogP contribution is 2.39. The summed E-state index contributed by atoms with van der Waals surface area (Å²) in [6.07, 6.45) is 5.85. The Hall–Kier alpha value is -2.88. The number of benzene rings is 1. The van der Waals surface area contributed by atoms with Crippen molar-refractivity contribution < 1.29 is 13.7 Å². The minimum absolute atomic E-state index is 0.0411. The van der Waals surface area contributed by atoms with Crippen molar-refractivity contribution in [3.63, 3.8) is 0 Å². The molecule has 2 aromatic heterocycles. The number of aromatic nitrogens is 4. The Bertz CT molecular complexity index is 1130. The van der Waals surface area contributed by atoms with Crippen molar-refractivity contribution in [2.75, 3.05) is 35.7 Å². The highest BCUT2D eigenvalue weighted by Gasteiger charge is 2.30. The minimum Gasteiger partial charge on any atom is -0.474 e. The molecular weight excluding hydrogens is 443 g/mol. The number of ether oxygens (including phenoxy) is 1. The molecule has 3 aromatic rings. The molecule has 2 aliphatic rings. The number of hydrogen-bond acceptors (Lipinski definition) is 9. The molecule has 0 unspecified atom stereocenters. The Balaban J connectivity index is 1.27. The average Bonchev–Trinajstić information content (AvgIpc) is 3.48. The van der Waals surface area contributed by atoms with E-state index in [1.807, 2.05) is 37.1 Å². The Labute approximate surface area is 196 Å². The molecule has 0 radical (unpaired) electrons. The van der Waals surface area contributed by atoms with E-state index in [4.69, 9.17) is 9.26 Å². The molecule has 0 spiro atoms. The average molecular weight is 471 g/mol. The van der Waals surface area contributed by atoms with Gasteiger partial charge >= 0.3 is 6.01 Å². The van der Waals surface area contributed by atoms with Gasteiger partial charge in [0.05, 0.1) is 11.3 Å². The summed E-state index contributed by atoms with van der Waals surface area (Å²) in [7, 11) is 0. The molecule has 33 heavy (non-hydrogen) atoms. The zero-order valence-corrected chi connectivity index (χ0v) is 19.8. The first-order valence-electron chi connectivity index (χ1n) is 11.2. The third-order valence-corrected chi connectivity index (χ3v) is 6.83. The summed E-state index contributed by atoms with van der Waals surface area (Å²) in [6, 6.07) is 5.89. The normalized spacial score (nSPS) is 16.5.